The van der Waals surface area contributed by atoms with Crippen molar-refractivity contribution in [3.8, 4) is 0 Å². The summed E-state index contributed by atoms with van der Waals surface area (Å²) in [6.07, 6.45) is 0. The van der Waals surface area contributed by atoms with Crippen molar-refractivity contribution in [3.63, 3.8) is 0 Å². The van der Waals surface area contributed by atoms with Crippen molar-refractivity contribution >= 4 is 54.8 Å². The van der Waals surface area contributed by atoms with Crippen molar-refractivity contribution < 1.29 is 4.39 Å². The molecule has 1 aromatic carbocycles. The maximum Gasteiger partial charge on any atom is 0.125 e. The molecule has 0 saturated heterocycles. The summed E-state index contributed by atoms with van der Waals surface area (Å²) in [5.74, 6) is -0.300. The highest BCUT2D eigenvalue weighted by atomic mass is 79.9. The highest BCUT2D eigenvalue weighted by Crippen LogP contribution is 2.31. The van der Waals surface area contributed by atoms with E-state index in [9.17, 15) is 4.39 Å². The van der Waals surface area contributed by atoms with Gasteiger partial charge in [-0.15, -0.1) is 0 Å². The SMILES string of the molecule is CC(=S)Nc1c(Br)cc(F)cc1Br. The number of anilines is 1. The van der Waals surface area contributed by atoms with E-state index in [0.29, 0.717) is 13.9 Å². The van der Waals surface area contributed by atoms with E-state index in [0.717, 1.165) is 5.69 Å². The van der Waals surface area contributed by atoms with Crippen LogP contribution in [0.4, 0.5) is 10.1 Å². The van der Waals surface area contributed by atoms with Crippen LogP contribution in [-0.4, -0.2) is 4.99 Å². The van der Waals surface area contributed by atoms with E-state index in [1.54, 1.807) is 6.92 Å². The minimum Gasteiger partial charge on any atom is -0.348 e. The van der Waals surface area contributed by atoms with E-state index in [-0.39, 0.29) is 5.82 Å². The zero-order valence-electron chi connectivity index (χ0n) is 6.70. The topological polar surface area (TPSA) is 12.0 Å². The monoisotopic (exact) mass is 325 g/mol. The number of thiocarbonyl (C=S) groups is 1. The molecule has 0 aliphatic heterocycles. The lowest BCUT2D eigenvalue weighted by Crippen LogP contribution is -2.04. The summed E-state index contributed by atoms with van der Waals surface area (Å²) in [5.41, 5.74) is 0.744. The minimum absolute atomic E-state index is 0.300. The molecule has 0 amide bonds. The molecule has 0 aliphatic rings. The molecular formula is C8H6Br2FNS. The lowest BCUT2D eigenvalue weighted by molar-refractivity contribution is 0.626. The van der Waals surface area contributed by atoms with Gasteiger partial charge in [0.15, 0.2) is 0 Å². The second-order valence-electron chi connectivity index (χ2n) is 2.43. The van der Waals surface area contributed by atoms with Crippen LogP contribution >= 0.6 is 44.1 Å². The van der Waals surface area contributed by atoms with Crippen LogP contribution in [-0.2, 0) is 0 Å². The van der Waals surface area contributed by atoms with Gasteiger partial charge >= 0.3 is 0 Å². The Morgan fingerprint density at radius 1 is 1.38 bits per heavy atom. The Morgan fingerprint density at radius 3 is 2.23 bits per heavy atom. The molecule has 0 spiro atoms. The van der Waals surface area contributed by atoms with Gasteiger partial charge in [0.25, 0.3) is 0 Å². The third-order valence-electron chi connectivity index (χ3n) is 1.31. The Morgan fingerprint density at radius 2 is 1.85 bits per heavy atom. The lowest BCUT2D eigenvalue weighted by Gasteiger charge is -2.08. The third kappa shape index (κ3) is 3.00. The van der Waals surface area contributed by atoms with Gasteiger partial charge in [-0.05, 0) is 50.9 Å². The van der Waals surface area contributed by atoms with Crippen molar-refractivity contribution in [2.45, 2.75) is 6.92 Å². The van der Waals surface area contributed by atoms with Crippen LogP contribution in [0.1, 0.15) is 6.92 Å². The number of benzene rings is 1. The quantitative estimate of drug-likeness (QED) is 0.779. The molecule has 0 aliphatic carbocycles. The fourth-order valence-electron chi connectivity index (χ4n) is 0.838. The number of rotatable bonds is 1. The van der Waals surface area contributed by atoms with Crippen molar-refractivity contribution in [2.75, 3.05) is 5.32 Å². The Hall–Kier alpha value is -0.0000000000000000555. The molecule has 0 saturated carbocycles. The Bertz CT molecular complexity index is 331. The molecule has 0 heterocycles. The van der Waals surface area contributed by atoms with Gasteiger partial charge in [-0.1, -0.05) is 12.2 Å². The van der Waals surface area contributed by atoms with Crippen molar-refractivity contribution in [3.05, 3.63) is 26.9 Å². The first-order chi connectivity index (χ1) is 6.00. The average Bonchev–Trinajstić information content (AvgIpc) is 1.96. The molecule has 1 N–H and O–H groups in total. The maximum absolute atomic E-state index is 12.8. The van der Waals surface area contributed by atoms with E-state index >= 15 is 0 Å². The largest absolute Gasteiger partial charge is 0.348 e. The van der Waals surface area contributed by atoms with E-state index in [1.807, 2.05) is 0 Å². The summed E-state index contributed by atoms with van der Waals surface area (Å²) in [5, 5.41) is 2.94. The summed E-state index contributed by atoms with van der Waals surface area (Å²) in [6, 6.07) is 2.76. The standard InChI is InChI=1S/C8H6Br2FNS/c1-4(13)12-8-6(9)2-5(11)3-7(8)10/h2-3H,1H3,(H,12,13). The van der Waals surface area contributed by atoms with E-state index < -0.39 is 0 Å². The highest BCUT2D eigenvalue weighted by Gasteiger charge is 2.07. The summed E-state index contributed by atoms with van der Waals surface area (Å²) < 4.78 is 14.1. The zero-order chi connectivity index (χ0) is 10.0. The first kappa shape index (κ1) is 11.1. The van der Waals surface area contributed by atoms with Gasteiger partial charge in [0.05, 0.1) is 10.7 Å². The van der Waals surface area contributed by atoms with Gasteiger partial charge in [0.1, 0.15) is 5.82 Å². The second kappa shape index (κ2) is 4.48. The highest BCUT2D eigenvalue weighted by molar-refractivity contribution is 9.11. The molecule has 13 heavy (non-hydrogen) atoms. The maximum atomic E-state index is 12.8. The molecule has 1 nitrogen and oxygen atoms in total. The molecule has 70 valence electrons. The fraction of sp³-hybridized carbons (Fsp3) is 0.125. The molecule has 0 bridgehead atoms. The molecular weight excluding hydrogens is 321 g/mol. The van der Waals surface area contributed by atoms with Crippen LogP contribution in [0.25, 0.3) is 0 Å². The van der Waals surface area contributed by atoms with Crippen LogP contribution in [0.5, 0.6) is 0 Å². The summed E-state index contributed by atoms with van der Waals surface area (Å²) in [7, 11) is 0. The smallest absolute Gasteiger partial charge is 0.125 e. The molecule has 1 rings (SSSR count). The van der Waals surface area contributed by atoms with E-state index in [2.05, 4.69) is 37.2 Å². The zero-order valence-corrected chi connectivity index (χ0v) is 10.7. The first-order valence-electron chi connectivity index (χ1n) is 3.43. The Kier molecular flexibility index (Phi) is 3.82. The number of halogens is 3. The normalized spacial score (nSPS) is 9.85. The predicted octanol–water partition coefficient (Wildman–Crippen LogP) is 4.11. The van der Waals surface area contributed by atoms with Gasteiger partial charge in [-0.25, -0.2) is 4.39 Å². The summed E-state index contributed by atoms with van der Waals surface area (Å²) in [6.45, 7) is 1.76. The molecule has 5 heteroatoms. The molecule has 0 unspecified atom stereocenters. The summed E-state index contributed by atoms with van der Waals surface area (Å²) >= 11 is 11.4. The number of hydrogen-bond donors (Lipinski definition) is 1. The average molecular weight is 327 g/mol. The van der Waals surface area contributed by atoms with Crippen molar-refractivity contribution in [1.82, 2.24) is 0 Å². The Labute approximate surface area is 98.0 Å². The minimum atomic E-state index is -0.300. The van der Waals surface area contributed by atoms with Gasteiger partial charge in [0.2, 0.25) is 0 Å². The van der Waals surface area contributed by atoms with Gasteiger partial charge in [-0.2, -0.15) is 0 Å². The van der Waals surface area contributed by atoms with Crippen LogP contribution in [0.3, 0.4) is 0 Å². The molecule has 0 aromatic heterocycles. The van der Waals surface area contributed by atoms with Crippen LogP contribution < -0.4 is 5.32 Å². The molecule has 1 aromatic rings. The fourth-order valence-corrected chi connectivity index (χ4v) is 2.27. The van der Waals surface area contributed by atoms with Crippen LogP contribution in [0, 0.1) is 5.82 Å². The molecule has 0 radical (unpaired) electrons. The van der Waals surface area contributed by atoms with Gasteiger partial charge < -0.3 is 5.32 Å². The lowest BCUT2D eigenvalue weighted by atomic mass is 10.3. The van der Waals surface area contributed by atoms with Crippen molar-refractivity contribution in [2.24, 2.45) is 0 Å². The van der Waals surface area contributed by atoms with Crippen molar-refractivity contribution in [1.29, 1.82) is 0 Å². The van der Waals surface area contributed by atoms with Gasteiger partial charge in [0, 0.05) is 8.95 Å². The van der Waals surface area contributed by atoms with E-state index in [4.69, 9.17) is 12.2 Å². The molecule has 0 fully saturated rings. The van der Waals surface area contributed by atoms with Crippen LogP contribution in [0.2, 0.25) is 0 Å². The third-order valence-corrected chi connectivity index (χ3v) is 2.66. The first-order valence-corrected chi connectivity index (χ1v) is 5.42. The molecule has 0 atom stereocenters. The van der Waals surface area contributed by atoms with Crippen LogP contribution in [0.15, 0.2) is 21.1 Å². The van der Waals surface area contributed by atoms with Gasteiger partial charge in [-0.3, -0.25) is 0 Å². The second-order valence-corrected chi connectivity index (χ2v) is 4.75. The predicted molar refractivity (Wildman–Crippen MR) is 63.7 cm³/mol. The number of nitrogens with one attached hydrogen (secondary N) is 1. The Balaban J connectivity index is 3.13. The summed E-state index contributed by atoms with van der Waals surface area (Å²) in [4.78, 5) is 0.632. The van der Waals surface area contributed by atoms with E-state index in [1.165, 1.54) is 12.1 Å². The number of hydrogen-bond acceptors (Lipinski definition) is 1.